The molecule has 1 aliphatic heterocycles. The lowest BCUT2D eigenvalue weighted by Gasteiger charge is -2.21. The molecule has 1 fully saturated rings. The number of nitrogens with zero attached hydrogens (tertiary/aromatic N) is 5. The molecule has 0 saturated carbocycles. The maximum absolute atomic E-state index is 12.4. The van der Waals surface area contributed by atoms with Crippen molar-refractivity contribution in [1.82, 2.24) is 24.7 Å². The van der Waals surface area contributed by atoms with Crippen LogP contribution in [0.4, 0.5) is 5.69 Å². The Hall–Kier alpha value is -3.72. The topological polar surface area (TPSA) is 96.8 Å². The van der Waals surface area contributed by atoms with E-state index in [0.29, 0.717) is 24.3 Å². The molecular weight excluding hydrogens is 460 g/mol. The molecule has 0 aliphatic carbocycles. The molecule has 0 radical (unpaired) electrons. The number of fused-ring (bicyclic) bond motifs is 2. The normalized spacial score (nSPS) is 15.9. The molecule has 1 saturated heterocycles. The van der Waals surface area contributed by atoms with E-state index < -0.39 is 10.0 Å². The van der Waals surface area contributed by atoms with Gasteiger partial charge in [0.2, 0.25) is 10.0 Å². The van der Waals surface area contributed by atoms with Gasteiger partial charge in [0.05, 0.1) is 28.8 Å². The number of H-pyrrole nitrogens is 1. The van der Waals surface area contributed by atoms with Crippen molar-refractivity contribution in [3.05, 3.63) is 61.1 Å². The van der Waals surface area contributed by atoms with Crippen molar-refractivity contribution < 1.29 is 8.42 Å². The summed E-state index contributed by atoms with van der Waals surface area (Å²) in [6.45, 7) is 6.98. The Labute approximate surface area is 203 Å². The number of aromatic nitrogens is 5. The maximum Gasteiger partial charge on any atom is 0.235 e. The fourth-order valence-corrected chi connectivity index (χ4v) is 6.30. The van der Waals surface area contributed by atoms with Gasteiger partial charge in [-0.15, -0.1) is 0 Å². The molecule has 5 aromatic rings. The standard InChI is InChI=1S/C26H26N6O2S/c1-26(2,3)31-16-28-22-9-8-18(14-23(22)31)24-21-13-19(15-27-25(21)30-29-24)17-6-4-7-20(12-17)32-10-5-11-35(32,33)34/h4,6-9,12-16H,5,10-11H2,1-3H3,(H,27,29,30). The molecule has 9 heteroatoms. The van der Waals surface area contributed by atoms with Crippen LogP contribution in [0.3, 0.4) is 0 Å². The van der Waals surface area contributed by atoms with Crippen molar-refractivity contribution in [2.24, 2.45) is 0 Å². The minimum atomic E-state index is -3.24. The van der Waals surface area contributed by atoms with E-state index in [4.69, 9.17) is 0 Å². The molecule has 1 aliphatic rings. The third-order valence-electron chi connectivity index (χ3n) is 6.53. The molecule has 0 amide bonds. The van der Waals surface area contributed by atoms with Crippen molar-refractivity contribution in [3.8, 4) is 22.4 Å². The zero-order valence-electron chi connectivity index (χ0n) is 19.9. The highest BCUT2D eigenvalue weighted by molar-refractivity contribution is 7.93. The molecule has 1 N–H and O–H groups in total. The van der Waals surface area contributed by atoms with E-state index in [0.717, 1.165) is 38.8 Å². The van der Waals surface area contributed by atoms with Crippen LogP contribution in [0.15, 0.2) is 61.1 Å². The van der Waals surface area contributed by atoms with Gasteiger partial charge in [0.25, 0.3) is 0 Å². The summed E-state index contributed by atoms with van der Waals surface area (Å²) in [6.07, 6.45) is 4.32. The minimum Gasteiger partial charge on any atom is -0.325 e. The molecule has 3 aromatic heterocycles. The Balaban J connectivity index is 1.44. The molecule has 35 heavy (non-hydrogen) atoms. The van der Waals surface area contributed by atoms with Gasteiger partial charge in [-0.1, -0.05) is 18.2 Å². The Morgan fingerprint density at radius 1 is 0.971 bits per heavy atom. The van der Waals surface area contributed by atoms with E-state index >= 15 is 0 Å². The summed E-state index contributed by atoms with van der Waals surface area (Å²) in [5.41, 5.74) is 6.89. The maximum atomic E-state index is 12.4. The molecule has 178 valence electrons. The van der Waals surface area contributed by atoms with Crippen LogP contribution >= 0.6 is 0 Å². The number of aromatic amines is 1. The zero-order valence-corrected chi connectivity index (χ0v) is 20.7. The molecule has 0 atom stereocenters. The van der Waals surface area contributed by atoms with Crippen LogP contribution in [0.5, 0.6) is 0 Å². The molecular formula is C26H26N6O2S. The third kappa shape index (κ3) is 3.67. The first-order chi connectivity index (χ1) is 16.7. The van der Waals surface area contributed by atoms with Crippen LogP contribution in [-0.4, -0.2) is 45.4 Å². The number of anilines is 1. The summed E-state index contributed by atoms with van der Waals surface area (Å²) >= 11 is 0. The third-order valence-corrected chi connectivity index (χ3v) is 8.40. The van der Waals surface area contributed by atoms with Crippen molar-refractivity contribution in [3.63, 3.8) is 0 Å². The zero-order chi connectivity index (χ0) is 24.4. The summed E-state index contributed by atoms with van der Waals surface area (Å²) in [5.74, 6) is 0.196. The largest absolute Gasteiger partial charge is 0.325 e. The van der Waals surface area contributed by atoms with Crippen LogP contribution in [0.1, 0.15) is 27.2 Å². The number of benzene rings is 2. The van der Waals surface area contributed by atoms with Gasteiger partial charge in [0, 0.05) is 34.8 Å². The van der Waals surface area contributed by atoms with Crippen LogP contribution < -0.4 is 4.31 Å². The lowest BCUT2D eigenvalue weighted by molar-refractivity contribution is 0.408. The molecule has 0 spiro atoms. The van der Waals surface area contributed by atoms with E-state index in [-0.39, 0.29) is 11.3 Å². The van der Waals surface area contributed by atoms with Crippen LogP contribution in [-0.2, 0) is 15.6 Å². The van der Waals surface area contributed by atoms with Gasteiger partial charge >= 0.3 is 0 Å². The second-order valence-corrected chi connectivity index (χ2v) is 12.0. The van der Waals surface area contributed by atoms with E-state index in [1.165, 1.54) is 4.31 Å². The number of pyridine rings is 1. The van der Waals surface area contributed by atoms with Gasteiger partial charge in [-0.25, -0.2) is 18.4 Å². The molecule has 0 unspecified atom stereocenters. The van der Waals surface area contributed by atoms with Crippen molar-refractivity contribution in [1.29, 1.82) is 0 Å². The number of hydrogen-bond donors (Lipinski definition) is 1. The second kappa shape index (κ2) is 7.64. The number of sulfonamides is 1. The minimum absolute atomic E-state index is 0.0937. The summed E-state index contributed by atoms with van der Waals surface area (Å²) in [5, 5.41) is 8.53. The predicted octanol–water partition coefficient (Wildman–Crippen LogP) is 4.94. The summed E-state index contributed by atoms with van der Waals surface area (Å²) in [6, 6.07) is 15.9. The van der Waals surface area contributed by atoms with E-state index in [9.17, 15) is 8.42 Å². The van der Waals surface area contributed by atoms with Gasteiger partial charge in [-0.3, -0.25) is 9.40 Å². The highest BCUT2D eigenvalue weighted by atomic mass is 32.2. The molecule has 0 bridgehead atoms. The first kappa shape index (κ1) is 21.8. The quantitative estimate of drug-likeness (QED) is 0.390. The van der Waals surface area contributed by atoms with Gasteiger partial charge in [-0.05, 0) is 63.1 Å². The van der Waals surface area contributed by atoms with Crippen LogP contribution in [0.25, 0.3) is 44.5 Å². The van der Waals surface area contributed by atoms with Crippen molar-refractivity contribution in [2.75, 3.05) is 16.6 Å². The number of hydrogen-bond acceptors (Lipinski definition) is 5. The molecule has 2 aromatic carbocycles. The fraction of sp³-hybridized carbons (Fsp3) is 0.269. The first-order valence-electron chi connectivity index (χ1n) is 11.6. The average molecular weight is 487 g/mol. The fourth-order valence-electron chi connectivity index (χ4n) is 4.74. The molecule has 4 heterocycles. The predicted molar refractivity (Wildman–Crippen MR) is 139 cm³/mol. The number of nitrogens with one attached hydrogen (secondary N) is 1. The van der Waals surface area contributed by atoms with Crippen LogP contribution in [0, 0.1) is 0 Å². The SMILES string of the molecule is CC(C)(C)n1cnc2ccc(-c3n[nH]c4ncc(-c5cccc(N6CCCS6(=O)=O)c5)cc34)cc21. The number of rotatable bonds is 3. The summed E-state index contributed by atoms with van der Waals surface area (Å²) in [4.78, 5) is 9.15. The van der Waals surface area contributed by atoms with Gasteiger partial charge in [0.1, 0.15) is 5.69 Å². The Morgan fingerprint density at radius 3 is 2.60 bits per heavy atom. The lowest BCUT2D eigenvalue weighted by atomic mass is 10.0. The monoisotopic (exact) mass is 486 g/mol. The molecule has 6 rings (SSSR count). The lowest BCUT2D eigenvalue weighted by Crippen LogP contribution is -2.24. The number of imidazole rings is 1. The Bertz CT molecular complexity index is 1690. The van der Waals surface area contributed by atoms with Gasteiger partial charge in [-0.2, -0.15) is 5.10 Å². The first-order valence-corrected chi connectivity index (χ1v) is 13.2. The smallest absolute Gasteiger partial charge is 0.235 e. The van der Waals surface area contributed by atoms with E-state index in [1.54, 1.807) is 6.20 Å². The van der Waals surface area contributed by atoms with Crippen LogP contribution in [0.2, 0.25) is 0 Å². The second-order valence-electron chi connectivity index (χ2n) is 9.97. The summed E-state index contributed by atoms with van der Waals surface area (Å²) < 4.78 is 28.5. The highest BCUT2D eigenvalue weighted by Crippen LogP contribution is 2.33. The van der Waals surface area contributed by atoms with E-state index in [1.807, 2.05) is 42.7 Å². The van der Waals surface area contributed by atoms with Gasteiger partial charge in [0.15, 0.2) is 5.65 Å². The van der Waals surface area contributed by atoms with Crippen molar-refractivity contribution in [2.45, 2.75) is 32.7 Å². The molecule has 8 nitrogen and oxygen atoms in total. The highest BCUT2D eigenvalue weighted by Gasteiger charge is 2.28. The average Bonchev–Trinajstić information content (AvgIpc) is 3.53. The van der Waals surface area contributed by atoms with Gasteiger partial charge < -0.3 is 4.57 Å². The van der Waals surface area contributed by atoms with Crippen molar-refractivity contribution >= 4 is 37.8 Å². The Kier molecular flexibility index (Phi) is 4.76. The Morgan fingerprint density at radius 2 is 1.83 bits per heavy atom. The van der Waals surface area contributed by atoms with E-state index in [2.05, 4.69) is 57.6 Å². The summed E-state index contributed by atoms with van der Waals surface area (Å²) in [7, 11) is -3.24.